The van der Waals surface area contributed by atoms with Crippen molar-refractivity contribution in [3.63, 3.8) is 0 Å². The highest BCUT2D eigenvalue weighted by atomic mass is 16.1. The van der Waals surface area contributed by atoms with Gasteiger partial charge in [-0.25, -0.2) is 4.98 Å². The van der Waals surface area contributed by atoms with E-state index in [1.165, 1.54) is 5.56 Å². The van der Waals surface area contributed by atoms with E-state index < -0.39 is 0 Å². The van der Waals surface area contributed by atoms with Gasteiger partial charge in [0.05, 0.1) is 0 Å². The van der Waals surface area contributed by atoms with E-state index >= 15 is 0 Å². The Bertz CT molecular complexity index is 628. The monoisotopic (exact) mass is 269 g/mol. The molecule has 0 radical (unpaired) electrons. The number of carbonyl (C=O) groups excluding carboxylic acids is 1. The van der Waals surface area contributed by atoms with Crippen molar-refractivity contribution in [3.05, 3.63) is 53.1 Å². The summed E-state index contributed by atoms with van der Waals surface area (Å²) < 4.78 is 0. The van der Waals surface area contributed by atoms with Crippen molar-refractivity contribution in [2.24, 2.45) is 5.41 Å². The number of hydrogen-bond donors (Lipinski definition) is 2. The largest absolute Gasteiger partial charge is 0.350 e. The number of aromatic nitrogens is 2. The molecule has 2 aromatic rings. The molecule has 0 spiro atoms. The standard InChI is InChI=1S/C16H19N3O/c1-16(2)9-12-14(15(20)17-10-16)19-13(18-12)8-11-6-4-3-5-7-11/h3-7H,8-10H2,1-2H3,(H,17,20)(H,18,19). The molecule has 2 heterocycles. The van der Waals surface area contributed by atoms with E-state index in [0.29, 0.717) is 12.2 Å². The van der Waals surface area contributed by atoms with Gasteiger partial charge in [0.2, 0.25) is 0 Å². The molecule has 1 aromatic heterocycles. The number of rotatable bonds is 2. The Hall–Kier alpha value is -2.10. The van der Waals surface area contributed by atoms with Crippen molar-refractivity contribution in [1.82, 2.24) is 15.3 Å². The molecule has 20 heavy (non-hydrogen) atoms. The molecule has 104 valence electrons. The Morgan fingerprint density at radius 1 is 1.25 bits per heavy atom. The average molecular weight is 269 g/mol. The minimum Gasteiger partial charge on any atom is -0.350 e. The van der Waals surface area contributed by atoms with E-state index in [4.69, 9.17) is 0 Å². The fourth-order valence-corrected chi connectivity index (χ4v) is 2.60. The first kappa shape index (κ1) is 12.9. The fourth-order valence-electron chi connectivity index (χ4n) is 2.60. The molecule has 1 aromatic carbocycles. The molecular formula is C16H19N3O. The van der Waals surface area contributed by atoms with Gasteiger partial charge >= 0.3 is 0 Å². The summed E-state index contributed by atoms with van der Waals surface area (Å²) in [6, 6.07) is 10.2. The SMILES string of the molecule is CC1(C)CNC(=O)c2nc(Cc3ccccc3)[nH]c2C1. The van der Waals surface area contributed by atoms with Gasteiger partial charge in [-0.2, -0.15) is 0 Å². The zero-order valence-electron chi connectivity index (χ0n) is 11.9. The van der Waals surface area contributed by atoms with Gasteiger partial charge < -0.3 is 10.3 Å². The first-order chi connectivity index (χ1) is 9.53. The lowest BCUT2D eigenvalue weighted by molar-refractivity contribution is 0.0940. The molecule has 1 aliphatic rings. The number of amides is 1. The van der Waals surface area contributed by atoms with E-state index in [0.717, 1.165) is 24.4 Å². The normalized spacial score (nSPS) is 17.2. The fraction of sp³-hybridized carbons (Fsp3) is 0.375. The number of nitrogens with one attached hydrogen (secondary N) is 2. The van der Waals surface area contributed by atoms with Crippen molar-refractivity contribution in [2.75, 3.05) is 6.54 Å². The third-order valence-electron chi connectivity index (χ3n) is 3.64. The van der Waals surface area contributed by atoms with E-state index in [-0.39, 0.29) is 11.3 Å². The Balaban J connectivity index is 1.90. The van der Waals surface area contributed by atoms with Gasteiger partial charge in [-0.15, -0.1) is 0 Å². The molecule has 2 N–H and O–H groups in total. The Labute approximate surface area is 118 Å². The zero-order chi connectivity index (χ0) is 14.2. The van der Waals surface area contributed by atoms with Crippen LogP contribution in [0.3, 0.4) is 0 Å². The van der Waals surface area contributed by atoms with Crippen molar-refractivity contribution >= 4 is 5.91 Å². The third-order valence-corrected chi connectivity index (χ3v) is 3.64. The number of benzene rings is 1. The highest BCUT2D eigenvalue weighted by Gasteiger charge is 2.29. The highest BCUT2D eigenvalue weighted by molar-refractivity contribution is 5.93. The predicted molar refractivity (Wildman–Crippen MR) is 77.7 cm³/mol. The van der Waals surface area contributed by atoms with Crippen LogP contribution in [0.25, 0.3) is 0 Å². The van der Waals surface area contributed by atoms with Crippen molar-refractivity contribution < 1.29 is 4.79 Å². The highest BCUT2D eigenvalue weighted by Crippen LogP contribution is 2.25. The molecule has 0 fully saturated rings. The molecule has 1 amide bonds. The average Bonchev–Trinajstić information content (AvgIpc) is 2.75. The van der Waals surface area contributed by atoms with Crippen LogP contribution in [0.2, 0.25) is 0 Å². The minimum absolute atomic E-state index is 0.0530. The number of fused-ring (bicyclic) bond motifs is 1. The first-order valence-electron chi connectivity index (χ1n) is 6.93. The summed E-state index contributed by atoms with van der Waals surface area (Å²) >= 11 is 0. The number of H-pyrrole nitrogens is 1. The van der Waals surface area contributed by atoms with E-state index in [1.54, 1.807) is 0 Å². The van der Waals surface area contributed by atoms with Crippen LogP contribution in [0.1, 0.15) is 41.4 Å². The lowest BCUT2D eigenvalue weighted by Crippen LogP contribution is -2.32. The van der Waals surface area contributed by atoms with Crippen LogP contribution in [0.15, 0.2) is 30.3 Å². The second-order valence-corrected chi connectivity index (χ2v) is 6.20. The van der Waals surface area contributed by atoms with Crippen molar-refractivity contribution in [3.8, 4) is 0 Å². The van der Waals surface area contributed by atoms with E-state index in [2.05, 4.69) is 41.3 Å². The second-order valence-electron chi connectivity index (χ2n) is 6.20. The van der Waals surface area contributed by atoms with Gasteiger partial charge in [0.25, 0.3) is 5.91 Å². The summed E-state index contributed by atoms with van der Waals surface area (Å²) in [6.45, 7) is 4.99. The molecule has 0 bridgehead atoms. The van der Waals surface area contributed by atoms with Crippen molar-refractivity contribution in [2.45, 2.75) is 26.7 Å². The first-order valence-corrected chi connectivity index (χ1v) is 6.93. The van der Waals surface area contributed by atoms with Crippen LogP contribution in [-0.2, 0) is 12.8 Å². The van der Waals surface area contributed by atoms with Gasteiger partial charge in [0.15, 0.2) is 0 Å². The second kappa shape index (κ2) is 4.78. The Morgan fingerprint density at radius 3 is 2.75 bits per heavy atom. The Kier molecular flexibility index (Phi) is 3.08. The number of hydrogen-bond acceptors (Lipinski definition) is 2. The van der Waals surface area contributed by atoms with E-state index in [9.17, 15) is 4.79 Å². The molecular weight excluding hydrogens is 250 g/mol. The molecule has 0 aliphatic carbocycles. The lowest BCUT2D eigenvalue weighted by Gasteiger charge is -2.21. The van der Waals surface area contributed by atoms with Crippen LogP contribution in [0.5, 0.6) is 0 Å². The number of imidazole rings is 1. The number of aromatic amines is 1. The van der Waals surface area contributed by atoms with Crippen molar-refractivity contribution in [1.29, 1.82) is 0 Å². The zero-order valence-corrected chi connectivity index (χ0v) is 11.9. The van der Waals surface area contributed by atoms with Crippen LogP contribution >= 0.6 is 0 Å². The van der Waals surface area contributed by atoms with Gasteiger partial charge in [-0.05, 0) is 17.4 Å². The summed E-state index contributed by atoms with van der Waals surface area (Å²) in [5.41, 5.74) is 2.76. The molecule has 0 saturated heterocycles. The maximum Gasteiger partial charge on any atom is 0.271 e. The summed E-state index contributed by atoms with van der Waals surface area (Å²) in [5, 5.41) is 2.95. The molecule has 4 heteroatoms. The van der Waals surface area contributed by atoms with Gasteiger partial charge in [-0.3, -0.25) is 4.79 Å². The predicted octanol–water partition coefficient (Wildman–Crippen LogP) is 2.31. The summed E-state index contributed by atoms with van der Waals surface area (Å²) in [4.78, 5) is 19.9. The molecule has 1 aliphatic heterocycles. The van der Waals surface area contributed by atoms with Crippen LogP contribution in [-0.4, -0.2) is 22.4 Å². The number of nitrogens with zero attached hydrogens (tertiary/aromatic N) is 1. The molecule has 0 unspecified atom stereocenters. The van der Waals surface area contributed by atoms with Crippen LogP contribution < -0.4 is 5.32 Å². The maximum absolute atomic E-state index is 12.1. The number of carbonyl (C=O) groups is 1. The minimum atomic E-state index is -0.0684. The van der Waals surface area contributed by atoms with Gasteiger partial charge in [-0.1, -0.05) is 44.2 Å². The Morgan fingerprint density at radius 2 is 2.00 bits per heavy atom. The summed E-state index contributed by atoms with van der Waals surface area (Å²) in [5.74, 6) is 0.787. The smallest absolute Gasteiger partial charge is 0.271 e. The molecule has 3 rings (SSSR count). The molecule has 4 nitrogen and oxygen atoms in total. The maximum atomic E-state index is 12.1. The van der Waals surface area contributed by atoms with Crippen LogP contribution in [0.4, 0.5) is 0 Å². The quantitative estimate of drug-likeness (QED) is 0.879. The van der Waals surface area contributed by atoms with E-state index in [1.807, 2.05) is 18.2 Å². The van der Waals surface area contributed by atoms with Gasteiger partial charge in [0, 0.05) is 18.7 Å². The molecule has 0 atom stereocenters. The third kappa shape index (κ3) is 2.59. The van der Waals surface area contributed by atoms with Gasteiger partial charge in [0.1, 0.15) is 11.5 Å². The summed E-state index contributed by atoms with van der Waals surface area (Å²) in [7, 11) is 0. The lowest BCUT2D eigenvalue weighted by atomic mass is 9.88. The molecule has 0 saturated carbocycles. The topological polar surface area (TPSA) is 57.8 Å². The van der Waals surface area contributed by atoms with Crippen LogP contribution in [0, 0.1) is 5.41 Å². The summed E-state index contributed by atoms with van der Waals surface area (Å²) in [6.07, 6.45) is 1.56.